The number of primary amides is 1. The molecule has 0 saturated carbocycles. The molecule has 0 aliphatic rings. The third-order valence-corrected chi connectivity index (χ3v) is 4.67. The maximum atomic E-state index is 11.1. The van der Waals surface area contributed by atoms with Crippen molar-refractivity contribution in [2.24, 2.45) is 5.73 Å². The average molecular weight is 376 g/mol. The molecule has 0 unspecified atom stereocenters. The molecule has 0 radical (unpaired) electrons. The van der Waals surface area contributed by atoms with E-state index in [1.165, 1.54) is 11.3 Å². The van der Waals surface area contributed by atoms with Crippen molar-refractivity contribution in [3.63, 3.8) is 0 Å². The van der Waals surface area contributed by atoms with Crippen LogP contribution in [0.3, 0.4) is 0 Å². The van der Waals surface area contributed by atoms with Gasteiger partial charge in [0.25, 0.3) is 0 Å². The SMILES string of the molecule is COc1ccc(-c2csc(C(C#N)=CNc3ccc(C(N)=O)cc3)n2)cc1. The summed E-state index contributed by atoms with van der Waals surface area (Å²) in [6.45, 7) is 0. The standard InChI is InChI=1S/C20H16N4O2S/c1-26-17-8-4-13(5-9-17)18-12-27-20(24-18)15(10-21)11-23-16-6-2-14(3-7-16)19(22)25/h2-9,11-12,23H,1H3,(H2,22,25). The molecular weight excluding hydrogens is 360 g/mol. The molecule has 3 N–H and O–H groups in total. The van der Waals surface area contributed by atoms with E-state index >= 15 is 0 Å². The number of aromatic nitrogens is 1. The third-order valence-electron chi connectivity index (χ3n) is 3.79. The van der Waals surface area contributed by atoms with Gasteiger partial charge < -0.3 is 15.8 Å². The number of anilines is 1. The molecule has 3 rings (SSSR count). The van der Waals surface area contributed by atoms with E-state index in [1.54, 1.807) is 37.6 Å². The van der Waals surface area contributed by atoms with E-state index in [0.717, 1.165) is 22.7 Å². The third kappa shape index (κ3) is 4.32. The predicted octanol–water partition coefficient (Wildman–Crippen LogP) is 3.89. The van der Waals surface area contributed by atoms with Gasteiger partial charge in [0.2, 0.25) is 5.91 Å². The van der Waals surface area contributed by atoms with Crippen LogP contribution in [0.15, 0.2) is 60.1 Å². The minimum atomic E-state index is -0.483. The topological polar surface area (TPSA) is 101 Å². The van der Waals surface area contributed by atoms with Gasteiger partial charge in [-0.05, 0) is 48.5 Å². The lowest BCUT2D eigenvalue weighted by molar-refractivity contribution is 0.100. The normalized spacial score (nSPS) is 10.9. The molecule has 7 heteroatoms. The van der Waals surface area contributed by atoms with E-state index < -0.39 is 5.91 Å². The first kappa shape index (κ1) is 18.2. The zero-order valence-corrected chi connectivity index (χ0v) is 15.3. The number of nitrogens with one attached hydrogen (secondary N) is 1. The lowest BCUT2D eigenvalue weighted by atomic mass is 10.2. The molecule has 0 saturated heterocycles. The maximum absolute atomic E-state index is 11.1. The van der Waals surface area contributed by atoms with Crippen molar-refractivity contribution in [2.75, 3.05) is 12.4 Å². The number of nitrogens with two attached hydrogens (primary N) is 1. The van der Waals surface area contributed by atoms with E-state index in [1.807, 2.05) is 29.6 Å². The Morgan fingerprint density at radius 3 is 2.52 bits per heavy atom. The quantitative estimate of drug-likeness (QED) is 0.636. The van der Waals surface area contributed by atoms with Crippen LogP contribution in [0.5, 0.6) is 5.75 Å². The molecule has 0 bridgehead atoms. The van der Waals surface area contributed by atoms with Crippen molar-refractivity contribution in [1.82, 2.24) is 4.98 Å². The van der Waals surface area contributed by atoms with Crippen LogP contribution < -0.4 is 15.8 Å². The second-order valence-corrected chi connectivity index (χ2v) is 6.38. The number of nitriles is 1. The minimum Gasteiger partial charge on any atom is -0.497 e. The number of allylic oxidation sites excluding steroid dienone is 1. The fourth-order valence-corrected chi connectivity index (χ4v) is 3.11. The van der Waals surface area contributed by atoms with Crippen molar-refractivity contribution in [2.45, 2.75) is 0 Å². The Kier molecular flexibility index (Phi) is 5.50. The van der Waals surface area contributed by atoms with Gasteiger partial charge in [-0.2, -0.15) is 5.26 Å². The number of carbonyl (C=O) groups excluding carboxylic acids is 1. The molecule has 1 heterocycles. The summed E-state index contributed by atoms with van der Waals surface area (Å²) < 4.78 is 5.16. The molecule has 27 heavy (non-hydrogen) atoms. The summed E-state index contributed by atoms with van der Waals surface area (Å²) in [4.78, 5) is 15.6. The highest BCUT2D eigenvalue weighted by Crippen LogP contribution is 2.27. The monoisotopic (exact) mass is 376 g/mol. The summed E-state index contributed by atoms with van der Waals surface area (Å²) in [6.07, 6.45) is 1.59. The van der Waals surface area contributed by atoms with Gasteiger partial charge in [-0.1, -0.05) is 0 Å². The Morgan fingerprint density at radius 1 is 1.22 bits per heavy atom. The maximum Gasteiger partial charge on any atom is 0.248 e. The van der Waals surface area contributed by atoms with E-state index in [-0.39, 0.29) is 0 Å². The second kappa shape index (κ2) is 8.17. The highest BCUT2D eigenvalue weighted by Gasteiger charge is 2.09. The van der Waals surface area contributed by atoms with Crippen molar-refractivity contribution < 1.29 is 9.53 Å². The number of amides is 1. The number of rotatable bonds is 6. The molecule has 0 atom stereocenters. The number of methoxy groups -OCH3 is 1. The molecule has 1 aromatic heterocycles. The van der Waals surface area contributed by atoms with Crippen molar-refractivity contribution in [1.29, 1.82) is 5.26 Å². The average Bonchev–Trinajstić information content (AvgIpc) is 3.19. The van der Waals surface area contributed by atoms with Gasteiger partial charge in [-0.15, -0.1) is 11.3 Å². The second-order valence-electron chi connectivity index (χ2n) is 5.52. The molecule has 1 amide bonds. The zero-order valence-electron chi connectivity index (χ0n) is 14.5. The number of benzene rings is 2. The summed E-state index contributed by atoms with van der Waals surface area (Å²) in [5.41, 5.74) is 8.54. The summed E-state index contributed by atoms with van der Waals surface area (Å²) in [6, 6.07) is 16.4. The van der Waals surface area contributed by atoms with Crippen LogP contribution in [0, 0.1) is 11.3 Å². The van der Waals surface area contributed by atoms with Crippen LogP contribution in [0.1, 0.15) is 15.4 Å². The Morgan fingerprint density at radius 2 is 1.93 bits per heavy atom. The highest BCUT2D eigenvalue weighted by atomic mass is 32.1. The number of ether oxygens (including phenoxy) is 1. The minimum absolute atomic E-state index is 0.415. The van der Waals surface area contributed by atoms with Crippen LogP contribution in [-0.2, 0) is 0 Å². The Hall–Kier alpha value is -3.63. The van der Waals surface area contributed by atoms with Crippen molar-refractivity contribution in [3.8, 4) is 23.1 Å². The number of hydrogen-bond acceptors (Lipinski definition) is 6. The van der Waals surface area contributed by atoms with E-state index in [9.17, 15) is 10.1 Å². The Labute approximate surface area is 160 Å². The van der Waals surface area contributed by atoms with E-state index in [4.69, 9.17) is 10.5 Å². The summed E-state index contributed by atoms with van der Waals surface area (Å²) in [7, 11) is 1.62. The number of carbonyl (C=O) groups is 1. The van der Waals surface area contributed by atoms with Crippen LogP contribution in [0.4, 0.5) is 5.69 Å². The Balaban J connectivity index is 1.77. The van der Waals surface area contributed by atoms with E-state index in [2.05, 4.69) is 16.4 Å². The van der Waals surface area contributed by atoms with Gasteiger partial charge >= 0.3 is 0 Å². The highest BCUT2D eigenvalue weighted by molar-refractivity contribution is 7.11. The molecule has 2 aromatic carbocycles. The van der Waals surface area contributed by atoms with Crippen LogP contribution in [0.2, 0.25) is 0 Å². The molecule has 0 spiro atoms. The van der Waals surface area contributed by atoms with Crippen LogP contribution >= 0.6 is 11.3 Å². The summed E-state index contributed by atoms with van der Waals surface area (Å²) >= 11 is 1.39. The molecular formula is C20H16N4O2S. The molecule has 134 valence electrons. The lowest BCUT2D eigenvalue weighted by Crippen LogP contribution is -2.10. The van der Waals surface area contributed by atoms with Crippen molar-refractivity contribution >= 4 is 28.5 Å². The fourth-order valence-electron chi connectivity index (χ4n) is 2.32. The number of hydrogen-bond donors (Lipinski definition) is 2. The van der Waals surface area contributed by atoms with Gasteiger partial charge in [0.05, 0.1) is 12.8 Å². The number of nitrogens with zero attached hydrogens (tertiary/aromatic N) is 2. The first-order valence-corrected chi connectivity index (χ1v) is 8.85. The first-order valence-electron chi connectivity index (χ1n) is 7.97. The van der Waals surface area contributed by atoms with Crippen molar-refractivity contribution in [3.05, 3.63) is 70.7 Å². The predicted molar refractivity (Wildman–Crippen MR) is 106 cm³/mol. The zero-order chi connectivity index (χ0) is 19.2. The molecule has 3 aromatic rings. The molecule has 0 aliphatic heterocycles. The molecule has 0 aliphatic carbocycles. The first-order chi connectivity index (χ1) is 13.1. The van der Waals surface area contributed by atoms with Crippen LogP contribution in [0.25, 0.3) is 16.8 Å². The van der Waals surface area contributed by atoms with Crippen LogP contribution in [-0.4, -0.2) is 18.0 Å². The smallest absolute Gasteiger partial charge is 0.248 e. The number of thiazole rings is 1. The van der Waals surface area contributed by atoms with Gasteiger partial charge in [0, 0.05) is 28.4 Å². The molecule has 0 fully saturated rings. The largest absolute Gasteiger partial charge is 0.497 e. The lowest BCUT2D eigenvalue weighted by Gasteiger charge is -2.02. The van der Waals surface area contributed by atoms with Gasteiger partial charge in [0.1, 0.15) is 22.4 Å². The summed E-state index contributed by atoms with van der Waals surface area (Å²) in [5, 5.41) is 15.0. The Bertz CT molecular complexity index is 1020. The summed E-state index contributed by atoms with van der Waals surface area (Å²) in [5.74, 6) is 0.294. The van der Waals surface area contributed by atoms with Gasteiger partial charge in [0.15, 0.2) is 0 Å². The van der Waals surface area contributed by atoms with E-state index in [0.29, 0.717) is 16.1 Å². The fraction of sp³-hybridized carbons (Fsp3) is 0.0500. The van der Waals surface area contributed by atoms with Gasteiger partial charge in [-0.3, -0.25) is 4.79 Å². The molecule has 6 nitrogen and oxygen atoms in total. The van der Waals surface area contributed by atoms with Gasteiger partial charge in [-0.25, -0.2) is 4.98 Å².